The van der Waals surface area contributed by atoms with E-state index in [1.165, 1.54) is 13.0 Å². The van der Waals surface area contributed by atoms with Crippen LogP contribution < -0.4 is 10.4 Å². The first-order valence-electron chi connectivity index (χ1n) is 11.3. The Kier molecular flexibility index (Phi) is 5.91. The van der Waals surface area contributed by atoms with Crippen molar-refractivity contribution in [3.8, 4) is 5.75 Å². The van der Waals surface area contributed by atoms with Gasteiger partial charge in [0.15, 0.2) is 0 Å². The Hall–Kier alpha value is -2.64. The second-order valence-corrected chi connectivity index (χ2v) is 10.3. The number of carbonyl (C=O) groups is 1. The molecule has 6 atom stereocenters. The van der Waals surface area contributed by atoms with Gasteiger partial charge in [-0.05, 0) is 42.0 Å². The average Bonchev–Trinajstić information content (AvgIpc) is 2.73. The number of esters is 1. The lowest BCUT2D eigenvalue weighted by atomic mass is 9.45. The van der Waals surface area contributed by atoms with E-state index in [0.29, 0.717) is 29.7 Å². The van der Waals surface area contributed by atoms with Gasteiger partial charge in [-0.1, -0.05) is 27.4 Å². The molecule has 33 heavy (non-hydrogen) atoms. The second-order valence-electron chi connectivity index (χ2n) is 10.3. The second kappa shape index (κ2) is 8.29. The number of benzene rings is 1. The highest BCUT2D eigenvalue weighted by Gasteiger charge is 2.62. The van der Waals surface area contributed by atoms with Gasteiger partial charge in [-0.15, -0.1) is 0 Å². The summed E-state index contributed by atoms with van der Waals surface area (Å²) in [4.78, 5) is 23.2. The van der Waals surface area contributed by atoms with Crippen molar-refractivity contribution in [2.75, 3.05) is 6.61 Å². The van der Waals surface area contributed by atoms with Crippen molar-refractivity contribution in [3.63, 3.8) is 0 Å². The van der Waals surface area contributed by atoms with Crippen molar-refractivity contribution in [1.29, 1.82) is 0 Å². The summed E-state index contributed by atoms with van der Waals surface area (Å²) in [5, 5.41) is 22.8. The minimum absolute atomic E-state index is 0.239. The SMILES string of the molecule is C=C1C(O)C(O)C2C(C)(C)C(OC(C)=O)CCC2(C)C1COc1ccc2ccc(=O)oc2c1. The van der Waals surface area contributed by atoms with Gasteiger partial charge in [0.25, 0.3) is 0 Å². The van der Waals surface area contributed by atoms with Gasteiger partial charge in [0, 0.05) is 41.7 Å². The predicted molar refractivity (Wildman–Crippen MR) is 123 cm³/mol. The van der Waals surface area contributed by atoms with Crippen LogP contribution in [-0.2, 0) is 9.53 Å². The lowest BCUT2D eigenvalue weighted by molar-refractivity contribution is -0.208. The third kappa shape index (κ3) is 3.97. The first-order chi connectivity index (χ1) is 15.4. The van der Waals surface area contributed by atoms with Gasteiger partial charge in [0.1, 0.15) is 23.5 Å². The highest BCUT2D eigenvalue weighted by molar-refractivity contribution is 5.77. The van der Waals surface area contributed by atoms with Crippen LogP contribution in [-0.4, -0.2) is 41.1 Å². The van der Waals surface area contributed by atoms with Crippen LogP contribution in [0, 0.1) is 22.7 Å². The van der Waals surface area contributed by atoms with E-state index in [-0.39, 0.29) is 30.5 Å². The molecule has 4 rings (SSSR count). The van der Waals surface area contributed by atoms with Crippen LogP contribution in [0.4, 0.5) is 0 Å². The highest BCUT2D eigenvalue weighted by atomic mass is 16.5. The van der Waals surface area contributed by atoms with Crippen LogP contribution in [0.25, 0.3) is 11.0 Å². The summed E-state index contributed by atoms with van der Waals surface area (Å²) in [7, 11) is 0. The summed E-state index contributed by atoms with van der Waals surface area (Å²) in [6.45, 7) is 11.8. The van der Waals surface area contributed by atoms with Gasteiger partial charge < -0.3 is 24.1 Å². The number of carbonyl (C=O) groups excluding carboxylic acids is 1. The molecule has 1 heterocycles. The van der Waals surface area contributed by atoms with E-state index in [9.17, 15) is 19.8 Å². The third-order valence-electron chi connectivity index (χ3n) is 7.90. The van der Waals surface area contributed by atoms with E-state index in [4.69, 9.17) is 13.9 Å². The van der Waals surface area contributed by atoms with Crippen LogP contribution in [0.15, 0.2) is 51.7 Å². The van der Waals surface area contributed by atoms with Crippen molar-refractivity contribution < 1.29 is 28.9 Å². The lowest BCUT2D eigenvalue weighted by Gasteiger charge is -2.61. The zero-order valence-electron chi connectivity index (χ0n) is 19.5. The maximum absolute atomic E-state index is 11.7. The van der Waals surface area contributed by atoms with Crippen LogP contribution in [0.5, 0.6) is 5.75 Å². The van der Waals surface area contributed by atoms with E-state index in [0.717, 1.165) is 5.39 Å². The van der Waals surface area contributed by atoms with Gasteiger partial charge in [0.2, 0.25) is 0 Å². The zero-order chi connectivity index (χ0) is 24.1. The monoisotopic (exact) mass is 456 g/mol. The van der Waals surface area contributed by atoms with E-state index < -0.39 is 28.7 Å². The molecule has 1 aromatic heterocycles. The maximum Gasteiger partial charge on any atom is 0.336 e. The first-order valence-corrected chi connectivity index (χ1v) is 11.3. The topological polar surface area (TPSA) is 106 Å². The number of fused-ring (bicyclic) bond motifs is 2. The molecule has 2 aliphatic rings. The summed E-state index contributed by atoms with van der Waals surface area (Å²) < 4.78 is 17.0. The Morgan fingerprint density at radius 2 is 1.91 bits per heavy atom. The quantitative estimate of drug-likeness (QED) is 0.412. The molecule has 2 saturated carbocycles. The van der Waals surface area contributed by atoms with Gasteiger partial charge in [-0.3, -0.25) is 4.79 Å². The van der Waals surface area contributed by atoms with E-state index in [1.807, 2.05) is 19.9 Å². The number of rotatable bonds is 4. The first kappa shape index (κ1) is 23.5. The van der Waals surface area contributed by atoms with Gasteiger partial charge in [-0.2, -0.15) is 0 Å². The molecule has 6 unspecified atom stereocenters. The molecule has 0 saturated heterocycles. The molecule has 1 aromatic carbocycles. The van der Waals surface area contributed by atoms with E-state index in [1.54, 1.807) is 18.2 Å². The van der Waals surface area contributed by atoms with Crippen LogP contribution in [0.3, 0.4) is 0 Å². The van der Waals surface area contributed by atoms with Crippen LogP contribution in [0.1, 0.15) is 40.5 Å². The molecule has 2 aromatic rings. The highest BCUT2D eigenvalue weighted by Crippen LogP contribution is 2.61. The summed E-state index contributed by atoms with van der Waals surface area (Å²) in [6, 6.07) is 8.37. The van der Waals surface area contributed by atoms with Gasteiger partial charge >= 0.3 is 11.6 Å². The molecular weight excluding hydrogens is 424 g/mol. The summed E-state index contributed by atoms with van der Waals surface area (Å²) in [5.74, 6) is -0.392. The minimum Gasteiger partial charge on any atom is -0.493 e. The summed E-state index contributed by atoms with van der Waals surface area (Å²) in [5.41, 5.74) is -0.455. The van der Waals surface area contributed by atoms with Gasteiger partial charge in [0.05, 0.1) is 12.7 Å². The number of aliphatic hydroxyl groups excluding tert-OH is 2. The molecule has 0 amide bonds. The third-order valence-corrected chi connectivity index (χ3v) is 7.90. The average molecular weight is 457 g/mol. The van der Waals surface area contributed by atoms with Crippen molar-refractivity contribution in [2.45, 2.75) is 58.8 Å². The normalized spacial score (nSPS) is 33.4. The van der Waals surface area contributed by atoms with Crippen molar-refractivity contribution in [1.82, 2.24) is 0 Å². The number of hydrogen-bond acceptors (Lipinski definition) is 7. The standard InChI is InChI=1S/C26H32O7/c1-14-18(13-31-17-8-6-16-7-9-21(28)33-19(16)12-17)26(5)11-10-20(32-15(2)27)25(3,4)24(26)23(30)22(14)29/h6-9,12,18,20,22-24,29-30H,1,10-11,13H2,2-5H3. The number of ether oxygens (including phenoxy) is 2. The molecule has 0 bridgehead atoms. The number of hydrogen-bond donors (Lipinski definition) is 2. The number of aliphatic hydroxyl groups is 2. The molecule has 178 valence electrons. The van der Waals surface area contributed by atoms with Crippen LogP contribution in [0.2, 0.25) is 0 Å². The molecule has 2 fully saturated rings. The minimum atomic E-state index is -1.11. The fourth-order valence-corrected chi connectivity index (χ4v) is 6.29. The van der Waals surface area contributed by atoms with Gasteiger partial charge in [-0.25, -0.2) is 4.79 Å². The summed E-state index contributed by atoms with van der Waals surface area (Å²) >= 11 is 0. The van der Waals surface area contributed by atoms with Crippen molar-refractivity contribution in [3.05, 3.63) is 52.9 Å². The molecule has 7 nitrogen and oxygen atoms in total. The largest absolute Gasteiger partial charge is 0.493 e. The predicted octanol–water partition coefficient (Wildman–Crippen LogP) is 3.45. The molecule has 0 radical (unpaired) electrons. The van der Waals surface area contributed by atoms with E-state index in [2.05, 4.69) is 13.5 Å². The molecule has 2 N–H and O–H groups in total. The fourth-order valence-electron chi connectivity index (χ4n) is 6.29. The maximum atomic E-state index is 11.7. The Bertz CT molecular complexity index is 1130. The molecular formula is C26H32O7. The van der Waals surface area contributed by atoms with E-state index >= 15 is 0 Å². The summed E-state index contributed by atoms with van der Waals surface area (Å²) in [6.07, 6.45) is -1.16. The van der Waals surface area contributed by atoms with Crippen LogP contribution >= 0.6 is 0 Å². The smallest absolute Gasteiger partial charge is 0.336 e. The van der Waals surface area contributed by atoms with Crippen molar-refractivity contribution in [2.24, 2.45) is 22.7 Å². The molecule has 0 aliphatic heterocycles. The Morgan fingerprint density at radius 1 is 1.21 bits per heavy atom. The molecule has 2 aliphatic carbocycles. The lowest BCUT2D eigenvalue weighted by Crippen LogP contribution is -2.64. The van der Waals surface area contributed by atoms with Crippen molar-refractivity contribution >= 4 is 16.9 Å². The fraction of sp³-hybridized carbons (Fsp3) is 0.538. The Balaban J connectivity index is 1.63. The Labute approximate surface area is 193 Å². The molecule has 0 spiro atoms. The molecule has 7 heteroatoms. The zero-order valence-corrected chi connectivity index (χ0v) is 19.5. The Morgan fingerprint density at radius 3 is 2.61 bits per heavy atom.